The lowest BCUT2D eigenvalue weighted by Gasteiger charge is -1.99. The molecule has 96 valence electrons. The molecule has 0 bridgehead atoms. The highest BCUT2D eigenvalue weighted by molar-refractivity contribution is 7.16. The van der Waals surface area contributed by atoms with Gasteiger partial charge in [-0.3, -0.25) is 4.79 Å². The van der Waals surface area contributed by atoms with Gasteiger partial charge in [-0.15, -0.1) is 0 Å². The van der Waals surface area contributed by atoms with E-state index in [9.17, 15) is 4.79 Å². The lowest BCUT2D eigenvalue weighted by molar-refractivity contribution is -0.120. The Kier molecular flexibility index (Phi) is 3.52. The summed E-state index contributed by atoms with van der Waals surface area (Å²) >= 11 is 1.49. The molecule has 0 fully saturated rings. The Bertz CT molecular complexity index is 653. The van der Waals surface area contributed by atoms with E-state index in [1.807, 2.05) is 43.7 Å². The molecule has 5 heteroatoms. The fourth-order valence-electron chi connectivity index (χ4n) is 1.57. The fourth-order valence-corrected chi connectivity index (χ4v) is 2.62. The number of aryl methyl sites for hydroxylation is 1. The molecule has 0 aliphatic carbocycles. The van der Waals surface area contributed by atoms with Crippen molar-refractivity contribution in [3.05, 3.63) is 23.0 Å². The molecule has 0 radical (unpaired) electrons. The van der Waals surface area contributed by atoms with E-state index in [2.05, 4.69) is 4.99 Å². The number of benzene rings is 1. The zero-order chi connectivity index (χ0) is 13.3. The van der Waals surface area contributed by atoms with Gasteiger partial charge in [0.05, 0.1) is 17.3 Å². The van der Waals surface area contributed by atoms with E-state index in [1.54, 1.807) is 7.11 Å². The van der Waals surface area contributed by atoms with Gasteiger partial charge in [0.15, 0.2) is 4.80 Å². The van der Waals surface area contributed by atoms with Crippen LogP contribution in [-0.4, -0.2) is 17.6 Å². The van der Waals surface area contributed by atoms with Gasteiger partial charge in [0, 0.05) is 13.0 Å². The third-order valence-electron chi connectivity index (χ3n) is 2.72. The van der Waals surface area contributed by atoms with Crippen LogP contribution >= 0.6 is 11.3 Å². The zero-order valence-corrected chi connectivity index (χ0v) is 11.7. The Morgan fingerprint density at radius 1 is 1.44 bits per heavy atom. The average molecular weight is 264 g/mol. The Balaban J connectivity index is 2.60. The van der Waals surface area contributed by atoms with Gasteiger partial charge in [-0.05, 0) is 18.2 Å². The highest BCUT2D eigenvalue weighted by Gasteiger charge is 2.08. The fraction of sp³-hybridized carbons (Fsp3) is 0.385. The summed E-state index contributed by atoms with van der Waals surface area (Å²) in [7, 11) is 3.56. The summed E-state index contributed by atoms with van der Waals surface area (Å²) < 4.78 is 8.18. The van der Waals surface area contributed by atoms with Crippen molar-refractivity contribution in [2.45, 2.75) is 13.8 Å². The molecule has 0 spiro atoms. The minimum atomic E-state index is -0.0934. The van der Waals surface area contributed by atoms with Crippen LogP contribution in [0, 0.1) is 5.92 Å². The first-order chi connectivity index (χ1) is 8.52. The second kappa shape index (κ2) is 4.94. The molecule has 4 nitrogen and oxygen atoms in total. The summed E-state index contributed by atoms with van der Waals surface area (Å²) in [6.07, 6.45) is 0. The number of aromatic nitrogens is 1. The largest absolute Gasteiger partial charge is 0.497 e. The molecule has 0 aliphatic heterocycles. The number of methoxy groups -OCH3 is 1. The molecular formula is C13H16N2O2S. The summed E-state index contributed by atoms with van der Waals surface area (Å²) in [5.41, 5.74) is 1.05. The van der Waals surface area contributed by atoms with E-state index in [0.717, 1.165) is 20.8 Å². The van der Waals surface area contributed by atoms with Crippen LogP contribution in [0.2, 0.25) is 0 Å². The molecule has 1 amide bonds. The van der Waals surface area contributed by atoms with Crippen molar-refractivity contribution in [2.24, 2.45) is 18.0 Å². The quantitative estimate of drug-likeness (QED) is 0.835. The predicted octanol–water partition coefficient (Wildman–Crippen LogP) is 2.33. The maximum absolute atomic E-state index is 11.7. The molecule has 0 atom stereocenters. The van der Waals surface area contributed by atoms with E-state index in [0.29, 0.717) is 0 Å². The monoisotopic (exact) mass is 264 g/mol. The molecule has 0 saturated heterocycles. The average Bonchev–Trinajstić information content (AvgIpc) is 2.65. The van der Waals surface area contributed by atoms with Gasteiger partial charge in [0.2, 0.25) is 0 Å². The lowest BCUT2D eigenvalue weighted by Crippen LogP contribution is -2.15. The van der Waals surface area contributed by atoms with Crippen LogP contribution < -0.4 is 9.54 Å². The van der Waals surface area contributed by atoms with E-state index < -0.39 is 0 Å². The highest BCUT2D eigenvalue weighted by Crippen LogP contribution is 2.22. The predicted molar refractivity (Wildman–Crippen MR) is 72.8 cm³/mol. The molecular weight excluding hydrogens is 248 g/mol. The van der Waals surface area contributed by atoms with Crippen LogP contribution in [0.5, 0.6) is 5.75 Å². The minimum Gasteiger partial charge on any atom is -0.497 e. The van der Waals surface area contributed by atoms with Crippen LogP contribution in [0.3, 0.4) is 0 Å². The summed E-state index contributed by atoms with van der Waals surface area (Å²) in [6, 6.07) is 5.84. The Hall–Kier alpha value is -1.62. The summed E-state index contributed by atoms with van der Waals surface area (Å²) in [5, 5.41) is 0. The second-order valence-electron chi connectivity index (χ2n) is 4.38. The number of carbonyl (C=O) groups excluding carboxylic acids is 1. The van der Waals surface area contributed by atoms with E-state index in [1.165, 1.54) is 11.3 Å². The molecule has 2 aromatic rings. The number of carbonyl (C=O) groups is 1. The Morgan fingerprint density at radius 2 is 2.17 bits per heavy atom. The molecule has 0 saturated carbocycles. The van der Waals surface area contributed by atoms with Crippen LogP contribution in [0.15, 0.2) is 23.2 Å². The molecule has 0 N–H and O–H groups in total. The SMILES string of the molecule is COc1ccc2c(c1)sc(=NC(=O)C(C)C)n2C. The number of nitrogens with zero attached hydrogens (tertiary/aromatic N) is 2. The maximum atomic E-state index is 11.7. The standard InChI is InChI=1S/C13H16N2O2S/c1-8(2)12(16)14-13-15(3)10-6-5-9(17-4)7-11(10)18-13/h5-8H,1-4H3. The smallest absolute Gasteiger partial charge is 0.250 e. The van der Waals surface area contributed by atoms with Crippen molar-refractivity contribution in [3.8, 4) is 5.75 Å². The molecule has 1 heterocycles. The van der Waals surface area contributed by atoms with E-state index >= 15 is 0 Å². The number of thiazole rings is 1. The van der Waals surface area contributed by atoms with Crippen molar-refractivity contribution in [1.82, 2.24) is 4.57 Å². The van der Waals surface area contributed by atoms with Crippen LogP contribution in [0.4, 0.5) is 0 Å². The van der Waals surface area contributed by atoms with Crippen molar-refractivity contribution >= 4 is 27.5 Å². The number of rotatable bonds is 2. The number of fused-ring (bicyclic) bond motifs is 1. The molecule has 0 unspecified atom stereocenters. The van der Waals surface area contributed by atoms with Crippen molar-refractivity contribution in [3.63, 3.8) is 0 Å². The number of ether oxygens (including phenoxy) is 1. The molecule has 18 heavy (non-hydrogen) atoms. The topological polar surface area (TPSA) is 43.6 Å². The summed E-state index contributed by atoms with van der Waals surface area (Å²) in [4.78, 5) is 16.5. The number of amides is 1. The third-order valence-corrected chi connectivity index (χ3v) is 3.81. The highest BCUT2D eigenvalue weighted by atomic mass is 32.1. The first-order valence-electron chi connectivity index (χ1n) is 5.75. The Morgan fingerprint density at radius 3 is 2.78 bits per heavy atom. The van der Waals surface area contributed by atoms with E-state index in [4.69, 9.17) is 4.74 Å². The lowest BCUT2D eigenvalue weighted by atomic mass is 10.2. The second-order valence-corrected chi connectivity index (χ2v) is 5.39. The van der Waals surface area contributed by atoms with Gasteiger partial charge in [-0.25, -0.2) is 0 Å². The molecule has 2 rings (SSSR count). The van der Waals surface area contributed by atoms with Crippen molar-refractivity contribution in [2.75, 3.05) is 7.11 Å². The molecule has 0 aliphatic rings. The van der Waals surface area contributed by atoms with Gasteiger partial charge < -0.3 is 9.30 Å². The van der Waals surface area contributed by atoms with Crippen molar-refractivity contribution < 1.29 is 9.53 Å². The van der Waals surface area contributed by atoms with Gasteiger partial charge >= 0.3 is 0 Å². The van der Waals surface area contributed by atoms with E-state index in [-0.39, 0.29) is 11.8 Å². The first kappa shape index (κ1) is 12.8. The summed E-state index contributed by atoms with van der Waals surface area (Å²) in [6.45, 7) is 3.70. The minimum absolute atomic E-state index is 0.0789. The van der Waals surface area contributed by atoms with Gasteiger partial charge in [0.25, 0.3) is 5.91 Å². The van der Waals surface area contributed by atoms with Gasteiger partial charge in [0.1, 0.15) is 5.75 Å². The summed E-state index contributed by atoms with van der Waals surface area (Å²) in [5.74, 6) is 0.639. The van der Waals surface area contributed by atoms with Crippen LogP contribution in [0.1, 0.15) is 13.8 Å². The Labute approximate surface area is 110 Å². The van der Waals surface area contributed by atoms with Gasteiger partial charge in [-0.2, -0.15) is 4.99 Å². The maximum Gasteiger partial charge on any atom is 0.250 e. The van der Waals surface area contributed by atoms with Crippen LogP contribution in [-0.2, 0) is 11.8 Å². The first-order valence-corrected chi connectivity index (χ1v) is 6.56. The normalized spacial score (nSPS) is 12.4. The van der Waals surface area contributed by atoms with Crippen LogP contribution in [0.25, 0.3) is 10.2 Å². The molecule has 1 aromatic carbocycles. The van der Waals surface area contributed by atoms with Crippen molar-refractivity contribution in [1.29, 1.82) is 0 Å². The molecule has 1 aromatic heterocycles. The zero-order valence-electron chi connectivity index (χ0n) is 10.9. The number of hydrogen-bond donors (Lipinski definition) is 0. The van der Waals surface area contributed by atoms with Gasteiger partial charge in [-0.1, -0.05) is 25.2 Å². The third kappa shape index (κ3) is 2.31. The number of hydrogen-bond acceptors (Lipinski definition) is 3.